The Balaban J connectivity index is 2.16. The number of piperidine rings is 1. The van der Waals surface area contributed by atoms with Crippen LogP contribution in [0.4, 0.5) is 10.9 Å². The van der Waals surface area contributed by atoms with Crippen molar-refractivity contribution in [3.8, 4) is 0 Å². The number of aliphatic hydroxyl groups excluding tert-OH is 1. The van der Waals surface area contributed by atoms with Gasteiger partial charge in [0.1, 0.15) is 10.7 Å². The summed E-state index contributed by atoms with van der Waals surface area (Å²) in [5, 5.41) is 10.6. The van der Waals surface area contributed by atoms with Gasteiger partial charge in [-0.25, -0.2) is 4.98 Å². The molecule has 0 aliphatic carbocycles. The van der Waals surface area contributed by atoms with E-state index in [0.717, 1.165) is 6.42 Å². The predicted molar refractivity (Wildman–Crippen MR) is 76.5 cm³/mol. The number of likely N-dealkylation sites (tertiary alicyclic amines) is 1. The first kappa shape index (κ1) is 14.1. The Labute approximate surface area is 116 Å². The first-order valence-electron chi connectivity index (χ1n) is 6.31. The molecule has 0 radical (unpaired) electrons. The highest BCUT2D eigenvalue weighted by molar-refractivity contribution is 7.18. The molecule has 0 aromatic carbocycles. The number of nitrogens with two attached hydrogens (primary N) is 1. The number of thiazole rings is 1. The third kappa shape index (κ3) is 2.82. The molecule has 1 aromatic heterocycles. The summed E-state index contributed by atoms with van der Waals surface area (Å²) >= 11 is 1.29. The van der Waals surface area contributed by atoms with Crippen molar-refractivity contribution in [1.82, 2.24) is 9.88 Å². The first-order valence-corrected chi connectivity index (χ1v) is 7.12. The number of hydrogen-bond donors (Lipinski definition) is 2. The molecule has 2 atom stereocenters. The van der Waals surface area contributed by atoms with Crippen LogP contribution in [0, 0.1) is 5.92 Å². The monoisotopic (exact) mass is 284 g/mol. The van der Waals surface area contributed by atoms with Crippen LogP contribution in [-0.2, 0) is 0 Å². The SMILES string of the molecule is CC1CCN(C(=O)c2sc(N(C)C)nc2N)CC1O. The zero-order valence-electron chi connectivity index (χ0n) is 11.5. The van der Waals surface area contributed by atoms with E-state index in [2.05, 4.69) is 4.98 Å². The Morgan fingerprint density at radius 1 is 1.58 bits per heavy atom. The zero-order valence-corrected chi connectivity index (χ0v) is 12.3. The second-order valence-electron chi connectivity index (χ2n) is 5.19. The van der Waals surface area contributed by atoms with Crippen LogP contribution in [0.2, 0.25) is 0 Å². The van der Waals surface area contributed by atoms with Crippen LogP contribution in [0.3, 0.4) is 0 Å². The Morgan fingerprint density at radius 2 is 2.26 bits per heavy atom. The quantitative estimate of drug-likeness (QED) is 0.832. The lowest BCUT2D eigenvalue weighted by atomic mass is 9.96. The third-order valence-electron chi connectivity index (χ3n) is 3.42. The van der Waals surface area contributed by atoms with Gasteiger partial charge in [-0.05, 0) is 12.3 Å². The number of carbonyl (C=O) groups is 1. The Bertz CT molecular complexity index is 474. The van der Waals surface area contributed by atoms with E-state index in [1.807, 2.05) is 25.9 Å². The lowest BCUT2D eigenvalue weighted by Gasteiger charge is -2.34. The number of rotatable bonds is 2. The van der Waals surface area contributed by atoms with Crippen LogP contribution < -0.4 is 10.6 Å². The van der Waals surface area contributed by atoms with Gasteiger partial charge in [0.2, 0.25) is 0 Å². The molecule has 0 spiro atoms. The van der Waals surface area contributed by atoms with Crippen molar-refractivity contribution in [2.45, 2.75) is 19.4 Å². The summed E-state index contributed by atoms with van der Waals surface area (Å²) in [6, 6.07) is 0. The molecule has 1 aliphatic rings. The maximum Gasteiger partial charge on any atom is 0.267 e. The molecule has 0 saturated carbocycles. The summed E-state index contributed by atoms with van der Waals surface area (Å²) in [5.74, 6) is 0.376. The van der Waals surface area contributed by atoms with Gasteiger partial charge in [0, 0.05) is 27.2 Å². The molecule has 1 aliphatic heterocycles. The molecule has 3 N–H and O–H groups in total. The third-order valence-corrected chi connectivity index (χ3v) is 4.65. The number of hydrogen-bond acceptors (Lipinski definition) is 6. The van der Waals surface area contributed by atoms with E-state index in [-0.39, 0.29) is 17.6 Å². The smallest absolute Gasteiger partial charge is 0.267 e. The van der Waals surface area contributed by atoms with E-state index in [1.54, 1.807) is 4.90 Å². The minimum Gasteiger partial charge on any atom is -0.391 e. The Morgan fingerprint density at radius 3 is 2.79 bits per heavy atom. The summed E-state index contributed by atoms with van der Waals surface area (Å²) < 4.78 is 0. The van der Waals surface area contributed by atoms with Gasteiger partial charge in [0.05, 0.1) is 6.10 Å². The van der Waals surface area contributed by atoms with Crippen molar-refractivity contribution >= 4 is 28.2 Å². The van der Waals surface area contributed by atoms with Crippen LogP contribution in [-0.4, -0.2) is 54.2 Å². The molecule has 0 bridgehead atoms. The molecular weight excluding hydrogens is 264 g/mol. The highest BCUT2D eigenvalue weighted by atomic mass is 32.1. The van der Waals surface area contributed by atoms with Crippen molar-refractivity contribution < 1.29 is 9.90 Å². The van der Waals surface area contributed by atoms with Gasteiger partial charge in [-0.3, -0.25) is 4.79 Å². The van der Waals surface area contributed by atoms with Gasteiger partial charge in [-0.1, -0.05) is 18.3 Å². The van der Waals surface area contributed by atoms with Gasteiger partial charge in [0.15, 0.2) is 5.13 Å². The number of aromatic nitrogens is 1. The minimum absolute atomic E-state index is 0.131. The van der Waals surface area contributed by atoms with Crippen LogP contribution in [0.25, 0.3) is 0 Å². The molecule has 2 rings (SSSR count). The van der Waals surface area contributed by atoms with Crippen LogP contribution >= 0.6 is 11.3 Å². The predicted octanol–water partition coefficient (Wildman–Crippen LogP) is 0.634. The average molecular weight is 284 g/mol. The molecular formula is C12H20N4O2S. The summed E-state index contributed by atoms with van der Waals surface area (Å²) in [7, 11) is 3.72. The topological polar surface area (TPSA) is 82.7 Å². The number of nitrogen functional groups attached to an aromatic ring is 1. The first-order chi connectivity index (χ1) is 8.90. The Hall–Kier alpha value is -1.34. The van der Waals surface area contributed by atoms with E-state index < -0.39 is 6.10 Å². The molecule has 1 saturated heterocycles. The largest absolute Gasteiger partial charge is 0.391 e. The van der Waals surface area contributed by atoms with E-state index in [9.17, 15) is 9.90 Å². The van der Waals surface area contributed by atoms with Gasteiger partial charge >= 0.3 is 0 Å². The summed E-state index contributed by atoms with van der Waals surface area (Å²) in [4.78, 5) is 20.5. The maximum absolute atomic E-state index is 12.4. The van der Waals surface area contributed by atoms with E-state index >= 15 is 0 Å². The lowest BCUT2D eigenvalue weighted by molar-refractivity contribution is 0.0252. The average Bonchev–Trinajstić information content (AvgIpc) is 2.74. The molecule has 2 heterocycles. The normalized spacial score (nSPS) is 23.5. The molecule has 6 nitrogen and oxygen atoms in total. The fourth-order valence-corrected chi connectivity index (χ4v) is 2.92. The lowest BCUT2D eigenvalue weighted by Crippen LogP contribution is -2.45. The van der Waals surface area contributed by atoms with Crippen molar-refractivity contribution in [1.29, 1.82) is 0 Å². The number of β-amino-alcohol motifs (C(OH)–C–C–N with tert-alkyl or cyclic N) is 1. The van der Waals surface area contributed by atoms with Crippen LogP contribution in [0.15, 0.2) is 0 Å². The molecule has 106 valence electrons. The number of nitrogens with zero attached hydrogens (tertiary/aromatic N) is 3. The maximum atomic E-state index is 12.4. The molecule has 19 heavy (non-hydrogen) atoms. The zero-order chi connectivity index (χ0) is 14.2. The number of carbonyl (C=O) groups excluding carboxylic acids is 1. The van der Waals surface area contributed by atoms with E-state index in [1.165, 1.54) is 11.3 Å². The molecule has 1 amide bonds. The van der Waals surface area contributed by atoms with Crippen molar-refractivity contribution in [2.75, 3.05) is 37.8 Å². The fourth-order valence-electron chi connectivity index (χ4n) is 2.04. The highest BCUT2D eigenvalue weighted by Crippen LogP contribution is 2.29. The summed E-state index contributed by atoms with van der Waals surface area (Å²) in [6.45, 7) is 3.03. The van der Waals surface area contributed by atoms with Gasteiger partial charge in [-0.15, -0.1) is 0 Å². The molecule has 2 unspecified atom stereocenters. The molecule has 7 heteroatoms. The minimum atomic E-state index is -0.458. The standard InChI is InChI=1S/C12H20N4O2S/c1-7-4-5-16(6-8(7)17)11(18)9-10(13)14-12(19-9)15(2)3/h7-8,17H,4-6,13H2,1-3H3. The van der Waals surface area contributed by atoms with E-state index in [0.29, 0.717) is 23.1 Å². The Kier molecular flexibility index (Phi) is 3.96. The number of anilines is 2. The van der Waals surface area contributed by atoms with Crippen molar-refractivity contribution in [3.05, 3.63) is 4.88 Å². The van der Waals surface area contributed by atoms with Crippen LogP contribution in [0.5, 0.6) is 0 Å². The van der Waals surface area contributed by atoms with Crippen molar-refractivity contribution in [2.24, 2.45) is 5.92 Å². The second-order valence-corrected chi connectivity index (χ2v) is 6.17. The summed E-state index contributed by atoms with van der Waals surface area (Å²) in [6.07, 6.45) is 0.353. The fraction of sp³-hybridized carbons (Fsp3) is 0.667. The number of amides is 1. The second kappa shape index (κ2) is 5.34. The molecule has 1 fully saturated rings. The van der Waals surface area contributed by atoms with Crippen molar-refractivity contribution in [3.63, 3.8) is 0 Å². The van der Waals surface area contributed by atoms with Crippen LogP contribution in [0.1, 0.15) is 23.0 Å². The molecule has 1 aromatic rings. The van der Waals surface area contributed by atoms with Gasteiger partial charge in [0.25, 0.3) is 5.91 Å². The van der Waals surface area contributed by atoms with Gasteiger partial charge in [-0.2, -0.15) is 0 Å². The highest BCUT2D eigenvalue weighted by Gasteiger charge is 2.30. The summed E-state index contributed by atoms with van der Waals surface area (Å²) in [5.41, 5.74) is 5.81. The van der Waals surface area contributed by atoms with Gasteiger partial charge < -0.3 is 20.6 Å². The van der Waals surface area contributed by atoms with E-state index in [4.69, 9.17) is 5.73 Å². The number of aliphatic hydroxyl groups is 1.